The average Bonchev–Trinajstić information content (AvgIpc) is 3.95. The molecule has 48 heavy (non-hydrogen) atoms. The Bertz CT molecular complexity index is 2670. The third-order valence-corrected chi connectivity index (χ3v) is 9.37. The molecule has 0 saturated carbocycles. The van der Waals surface area contributed by atoms with Gasteiger partial charge in [-0.05, 0) is 73.5 Å². The van der Waals surface area contributed by atoms with Gasteiger partial charge in [0.15, 0.2) is 0 Å². The van der Waals surface area contributed by atoms with Gasteiger partial charge in [-0.3, -0.25) is 0 Å². The smallest absolute Gasteiger partial charge is 0.0737 e. The number of aryl methyl sites for hydroxylation is 2. The second kappa shape index (κ2) is 11.2. The van der Waals surface area contributed by atoms with E-state index in [-0.39, 0.29) is 0 Å². The molecular weight excluding hydrogens is 585 g/mol. The fraction of sp³-hybridized carbons (Fsp3) is 0.0455. The van der Waals surface area contributed by atoms with Crippen LogP contribution in [0.25, 0.3) is 22.5 Å². The van der Waals surface area contributed by atoms with Crippen LogP contribution < -0.4 is 21.1 Å². The van der Waals surface area contributed by atoms with Crippen molar-refractivity contribution in [2.24, 2.45) is 9.98 Å². The van der Waals surface area contributed by atoms with Gasteiger partial charge >= 0.3 is 0 Å². The fourth-order valence-corrected chi connectivity index (χ4v) is 6.90. The molecule has 0 saturated heterocycles. The van der Waals surface area contributed by atoms with E-state index in [0.717, 1.165) is 87.4 Å². The molecule has 0 atom stereocenters. The van der Waals surface area contributed by atoms with Gasteiger partial charge in [-0.15, -0.1) is 0 Å². The van der Waals surface area contributed by atoms with Crippen LogP contribution >= 0.6 is 0 Å². The SMILES string of the molecule is Cc1ccc(C2=c3ccc([nH]3)=c3ccccc3=C3C=CC(=N3)C(c3ccc(C)cc3)=c3ccc([nH]3)=c3ccccc3=C3C=CC2=N3)cc1. The number of aromatic nitrogens is 2. The van der Waals surface area contributed by atoms with E-state index in [1.54, 1.807) is 0 Å². The molecule has 8 bridgehead atoms. The predicted octanol–water partition coefficient (Wildman–Crippen LogP) is 5.88. The van der Waals surface area contributed by atoms with Gasteiger partial charge in [-0.1, -0.05) is 108 Å². The standard InChI is InChI=1S/C44H32N4/c1-27-11-15-29(16-12-27)43-39-23-19-35(45-39)31-7-3-5-9-33(31)37-21-25-41(47-37)44(30-17-13-28(2)14-18-30)42-26-22-38(48-42)34-10-6-4-8-32(34)36-20-24-40(43)46-36/h3-26,45,48H,1-2H3. The molecule has 0 aliphatic carbocycles. The molecule has 0 unspecified atom stereocenters. The van der Waals surface area contributed by atoms with E-state index in [0.29, 0.717) is 0 Å². The summed E-state index contributed by atoms with van der Waals surface area (Å²) in [6.07, 6.45) is 8.56. The van der Waals surface area contributed by atoms with Crippen LogP contribution in [0, 0.1) is 35.0 Å². The monoisotopic (exact) mass is 616 g/mol. The molecular formula is C44H32N4. The lowest BCUT2D eigenvalue weighted by molar-refractivity contribution is 1.23. The first kappa shape index (κ1) is 28.0. The van der Waals surface area contributed by atoms with E-state index in [1.807, 2.05) is 0 Å². The van der Waals surface area contributed by atoms with Crippen molar-refractivity contribution in [2.75, 3.05) is 0 Å². The van der Waals surface area contributed by atoms with Gasteiger partial charge in [0.25, 0.3) is 0 Å². The third-order valence-electron chi connectivity index (χ3n) is 9.37. The van der Waals surface area contributed by atoms with Gasteiger partial charge in [0.1, 0.15) is 0 Å². The van der Waals surface area contributed by atoms with Crippen LogP contribution in [0.4, 0.5) is 0 Å². The minimum atomic E-state index is 0.927. The van der Waals surface area contributed by atoms with Crippen molar-refractivity contribution in [1.82, 2.24) is 9.97 Å². The first-order chi connectivity index (χ1) is 23.6. The van der Waals surface area contributed by atoms with E-state index in [9.17, 15) is 0 Å². The lowest BCUT2D eigenvalue weighted by Gasteiger charge is -2.07. The number of fused-ring (bicyclic) bond motifs is 8. The summed E-state index contributed by atoms with van der Waals surface area (Å²) in [5, 5.41) is 8.45. The molecule has 0 spiro atoms. The first-order valence-corrected chi connectivity index (χ1v) is 16.3. The summed E-state index contributed by atoms with van der Waals surface area (Å²) in [5.41, 5.74) is 10.5. The summed E-state index contributed by atoms with van der Waals surface area (Å²) in [7, 11) is 0. The molecule has 0 amide bonds. The molecule has 6 aromatic rings. The van der Waals surface area contributed by atoms with E-state index < -0.39 is 0 Å². The van der Waals surface area contributed by atoms with Crippen molar-refractivity contribution in [3.8, 4) is 0 Å². The summed E-state index contributed by atoms with van der Waals surface area (Å²) in [6, 6.07) is 43.1. The second-order valence-electron chi connectivity index (χ2n) is 12.6. The van der Waals surface area contributed by atoms with Crippen molar-refractivity contribution in [3.05, 3.63) is 210 Å². The zero-order valence-corrected chi connectivity index (χ0v) is 26.8. The van der Waals surface area contributed by atoms with Gasteiger partial charge in [0.2, 0.25) is 0 Å². The molecule has 2 aromatic heterocycles. The highest BCUT2D eigenvalue weighted by Gasteiger charge is 2.17. The number of rotatable bonds is 2. The van der Waals surface area contributed by atoms with Crippen LogP contribution in [-0.2, 0) is 0 Å². The van der Waals surface area contributed by atoms with Crippen LogP contribution in [-0.4, -0.2) is 21.4 Å². The Labute approximate surface area is 277 Å². The fourth-order valence-electron chi connectivity index (χ4n) is 6.90. The summed E-state index contributed by atoms with van der Waals surface area (Å²) >= 11 is 0. The van der Waals surface area contributed by atoms with Crippen LogP contribution in [0.5, 0.6) is 0 Å². The largest absolute Gasteiger partial charge is 0.354 e. The van der Waals surface area contributed by atoms with Crippen molar-refractivity contribution in [2.45, 2.75) is 13.8 Å². The lowest BCUT2D eigenvalue weighted by Crippen LogP contribution is -2.15. The summed E-state index contributed by atoms with van der Waals surface area (Å²) in [6.45, 7) is 4.24. The highest BCUT2D eigenvalue weighted by atomic mass is 14.8. The Balaban J connectivity index is 1.48. The maximum absolute atomic E-state index is 5.29. The zero-order valence-electron chi connectivity index (χ0n) is 26.8. The molecule has 228 valence electrons. The number of hydrogen-bond donors (Lipinski definition) is 2. The van der Waals surface area contributed by atoms with Crippen molar-refractivity contribution in [3.63, 3.8) is 0 Å². The minimum Gasteiger partial charge on any atom is -0.354 e. The van der Waals surface area contributed by atoms with Gasteiger partial charge in [-0.25, -0.2) is 9.98 Å². The Morgan fingerprint density at radius 1 is 0.375 bits per heavy atom. The minimum absolute atomic E-state index is 0.927. The van der Waals surface area contributed by atoms with Crippen LogP contribution in [0.1, 0.15) is 22.3 Å². The van der Waals surface area contributed by atoms with Crippen molar-refractivity contribution >= 4 is 34.0 Å². The molecule has 5 heterocycles. The Hall–Kier alpha value is -6.26. The Morgan fingerprint density at radius 2 is 0.750 bits per heavy atom. The van der Waals surface area contributed by atoms with E-state index >= 15 is 0 Å². The molecule has 0 fully saturated rings. The van der Waals surface area contributed by atoms with Gasteiger partial charge in [0, 0.05) is 53.4 Å². The Kier molecular flexibility index (Phi) is 6.54. The number of aromatic amines is 2. The summed E-state index contributed by atoms with van der Waals surface area (Å²) in [4.78, 5) is 18.1. The van der Waals surface area contributed by atoms with Crippen LogP contribution in [0.2, 0.25) is 0 Å². The number of allylic oxidation sites excluding steroid dienone is 2. The van der Waals surface area contributed by atoms with Gasteiger partial charge < -0.3 is 9.97 Å². The predicted molar refractivity (Wildman–Crippen MR) is 196 cm³/mol. The zero-order chi connectivity index (χ0) is 32.2. The number of nitrogens with zero attached hydrogens (tertiary/aromatic N) is 2. The molecule has 3 aliphatic heterocycles. The number of benzene rings is 4. The second-order valence-corrected chi connectivity index (χ2v) is 12.6. The van der Waals surface area contributed by atoms with E-state index in [2.05, 4.69) is 169 Å². The van der Waals surface area contributed by atoms with E-state index in [1.165, 1.54) is 11.1 Å². The van der Waals surface area contributed by atoms with Crippen molar-refractivity contribution < 1.29 is 0 Å². The molecule has 2 N–H and O–H groups in total. The van der Waals surface area contributed by atoms with Gasteiger partial charge in [-0.2, -0.15) is 0 Å². The number of H-pyrrole nitrogens is 2. The maximum atomic E-state index is 5.29. The highest BCUT2D eigenvalue weighted by Crippen LogP contribution is 2.23. The number of hydrogen-bond acceptors (Lipinski definition) is 2. The lowest BCUT2D eigenvalue weighted by atomic mass is 10.00. The number of nitrogens with one attached hydrogen (secondary N) is 2. The highest BCUT2D eigenvalue weighted by molar-refractivity contribution is 6.32. The maximum Gasteiger partial charge on any atom is 0.0737 e. The first-order valence-electron chi connectivity index (χ1n) is 16.3. The topological polar surface area (TPSA) is 56.3 Å². The summed E-state index contributed by atoms with van der Waals surface area (Å²) in [5.74, 6) is 0. The normalized spacial score (nSPS) is 14.8. The van der Waals surface area contributed by atoms with Gasteiger partial charge in [0.05, 0.1) is 22.8 Å². The Morgan fingerprint density at radius 3 is 1.17 bits per heavy atom. The molecule has 4 aromatic carbocycles. The molecule has 9 rings (SSSR count). The quantitative estimate of drug-likeness (QED) is 0.244. The average molecular weight is 617 g/mol. The molecule has 0 radical (unpaired) electrons. The van der Waals surface area contributed by atoms with Crippen molar-refractivity contribution in [1.29, 1.82) is 0 Å². The molecule has 3 aliphatic rings. The third kappa shape index (κ3) is 4.78. The van der Waals surface area contributed by atoms with Crippen LogP contribution in [0.15, 0.2) is 156 Å². The summed E-state index contributed by atoms with van der Waals surface area (Å²) < 4.78 is 0. The van der Waals surface area contributed by atoms with Crippen LogP contribution in [0.3, 0.4) is 0 Å². The number of aliphatic imine (C=N–C) groups is 2. The van der Waals surface area contributed by atoms with E-state index in [4.69, 9.17) is 9.98 Å². The molecule has 4 heteroatoms. The molecule has 4 nitrogen and oxygen atoms in total.